The van der Waals surface area contributed by atoms with Crippen molar-refractivity contribution >= 4 is 23.2 Å². The normalized spacial score (nSPS) is 17.4. The molecule has 0 spiro atoms. The Labute approximate surface area is 177 Å². The molecule has 3 heterocycles. The quantitative estimate of drug-likeness (QED) is 0.610. The first-order valence-electron chi connectivity index (χ1n) is 9.60. The first-order valence-corrected chi connectivity index (χ1v) is 10.4. The van der Waals surface area contributed by atoms with Gasteiger partial charge in [0.2, 0.25) is 5.88 Å². The number of amides is 1. The van der Waals surface area contributed by atoms with Crippen molar-refractivity contribution in [3.8, 4) is 5.88 Å². The number of rotatable bonds is 7. The second-order valence-corrected chi connectivity index (χ2v) is 8.49. The highest BCUT2D eigenvalue weighted by atomic mass is 32.1. The average Bonchev–Trinajstić information content (AvgIpc) is 3.36. The van der Waals surface area contributed by atoms with E-state index in [9.17, 15) is 4.79 Å². The van der Waals surface area contributed by atoms with Crippen molar-refractivity contribution in [1.29, 1.82) is 0 Å². The zero-order chi connectivity index (χ0) is 21.1. The third kappa shape index (κ3) is 5.26. The minimum Gasteiger partial charge on any atom is -0.477 e. The fourth-order valence-electron chi connectivity index (χ4n) is 3.03. The van der Waals surface area contributed by atoms with Crippen molar-refractivity contribution in [3.05, 3.63) is 51.5 Å². The van der Waals surface area contributed by atoms with E-state index >= 15 is 0 Å². The van der Waals surface area contributed by atoms with Crippen LogP contribution in [0.4, 0.5) is 10.6 Å². The molecule has 0 radical (unpaired) electrons. The zero-order valence-corrected chi connectivity index (χ0v) is 17.8. The molecule has 1 aliphatic carbocycles. The molecule has 1 amide bonds. The van der Waals surface area contributed by atoms with Crippen molar-refractivity contribution < 1.29 is 14.3 Å². The summed E-state index contributed by atoms with van der Waals surface area (Å²) in [5, 5.41) is 11.8. The summed E-state index contributed by atoms with van der Waals surface area (Å²) >= 11 is 1.38. The lowest BCUT2D eigenvalue weighted by atomic mass is 10.2. The van der Waals surface area contributed by atoms with Crippen LogP contribution in [0.3, 0.4) is 0 Å². The minimum atomic E-state index is -0.625. The van der Waals surface area contributed by atoms with Gasteiger partial charge in [0.05, 0.1) is 6.61 Å². The molecule has 0 aromatic carbocycles. The molecule has 0 bridgehead atoms. The summed E-state index contributed by atoms with van der Waals surface area (Å²) in [6, 6.07) is 5.74. The monoisotopic (exact) mass is 426 g/mol. The van der Waals surface area contributed by atoms with Crippen LogP contribution in [-0.4, -0.2) is 37.8 Å². The molecular formula is C20H22N6O3S. The van der Waals surface area contributed by atoms with Gasteiger partial charge in [-0.1, -0.05) is 17.4 Å². The predicted octanol–water partition coefficient (Wildman–Crippen LogP) is 3.58. The van der Waals surface area contributed by atoms with Crippen LogP contribution >= 0.6 is 11.3 Å². The number of ether oxygens (including phenoxy) is 2. The SMILES string of the molecule is Cc1ccc([C@H]2C[C@@H]2COc2cc(NC(=O)OCc3nnc(C)s3)nc(C)n2)nc1. The highest BCUT2D eigenvalue weighted by molar-refractivity contribution is 7.11. The van der Waals surface area contributed by atoms with Gasteiger partial charge in [-0.2, -0.15) is 4.98 Å². The first-order chi connectivity index (χ1) is 14.5. The number of anilines is 1. The van der Waals surface area contributed by atoms with Crippen molar-refractivity contribution in [1.82, 2.24) is 25.1 Å². The van der Waals surface area contributed by atoms with Gasteiger partial charge in [-0.3, -0.25) is 10.3 Å². The van der Waals surface area contributed by atoms with Crippen molar-refractivity contribution in [2.75, 3.05) is 11.9 Å². The summed E-state index contributed by atoms with van der Waals surface area (Å²) in [6.07, 6.45) is 2.31. The van der Waals surface area contributed by atoms with Gasteiger partial charge >= 0.3 is 6.09 Å². The van der Waals surface area contributed by atoms with Gasteiger partial charge in [0.1, 0.15) is 23.3 Å². The van der Waals surface area contributed by atoms with E-state index < -0.39 is 6.09 Å². The van der Waals surface area contributed by atoms with Crippen LogP contribution in [0.25, 0.3) is 0 Å². The standard InChI is InChI=1S/C20H22N6O3S/c1-11-4-5-16(21-8-11)15-6-14(15)9-28-18-7-17(22-12(2)23-18)24-20(27)29-10-19-26-25-13(3)30-19/h4-5,7-8,14-15H,6,9-10H2,1-3H3,(H,22,23,24,27)/t14-,15+/m1/s1. The van der Waals surface area contributed by atoms with Gasteiger partial charge in [-0.25, -0.2) is 9.78 Å². The maximum atomic E-state index is 12.0. The summed E-state index contributed by atoms with van der Waals surface area (Å²) in [5.74, 6) is 2.07. The Morgan fingerprint density at radius 3 is 2.83 bits per heavy atom. The summed E-state index contributed by atoms with van der Waals surface area (Å²) in [4.78, 5) is 25.0. The molecule has 0 aliphatic heterocycles. The number of carbonyl (C=O) groups excluding carboxylic acids is 1. The third-order valence-corrected chi connectivity index (χ3v) is 5.43. The van der Waals surface area contributed by atoms with E-state index in [0.29, 0.717) is 41.0 Å². The lowest BCUT2D eigenvalue weighted by Gasteiger charge is -2.09. The second kappa shape index (κ2) is 8.70. The molecule has 1 N–H and O–H groups in total. The van der Waals surface area contributed by atoms with Gasteiger partial charge in [-0.05, 0) is 38.8 Å². The smallest absolute Gasteiger partial charge is 0.413 e. The van der Waals surface area contributed by atoms with E-state index in [4.69, 9.17) is 9.47 Å². The zero-order valence-electron chi connectivity index (χ0n) is 17.0. The maximum Gasteiger partial charge on any atom is 0.413 e. The molecular weight excluding hydrogens is 404 g/mol. The van der Waals surface area contributed by atoms with Gasteiger partial charge < -0.3 is 9.47 Å². The average molecular weight is 427 g/mol. The molecule has 0 unspecified atom stereocenters. The van der Waals surface area contributed by atoms with E-state index in [1.165, 1.54) is 11.3 Å². The Morgan fingerprint density at radius 1 is 1.23 bits per heavy atom. The predicted molar refractivity (Wildman–Crippen MR) is 111 cm³/mol. The minimum absolute atomic E-state index is 0.0564. The highest BCUT2D eigenvalue weighted by Gasteiger charge is 2.40. The molecule has 156 valence electrons. The van der Waals surface area contributed by atoms with Gasteiger partial charge in [0, 0.05) is 29.8 Å². The van der Waals surface area contributed by atoms with E-state index in [1.807, 2.05) is 20.0 Å². The van der Waals surface area contributed by atoms with E-state index in [1.54, 1.807) is 13.0 Å². The van der Waals surface area contributed by atoms with Crippen LogP contribution in [-0.2, 0) is 11.3 Å². The fraction of sp³-hybridized carbons (Fsp3) is 0.400. The van der Waals surface area contributed by atoms with E-state index in [0.717, 1.165) is 22.7 Å². The molecule has 1 fully saturated rings. The molecule has 0 saturated heterocycles. The van der Waals surface area contributed by atoms with Gasteiger partial charge in [0.15, 0.2) is 5.01 Å². The lowest BCUT2D eigenvalue weighted by Crippen LogP contribution is -2.15. The highest BCUT2D eigenvalue weighted by Crippen LogP contribution is 2.46. The van der Waals surface area contributed by atoms with Crippen LogP contribution in [0, 0.1) is 26.7 Å². The van der Waals surface area contributed by atoms with E-state index in [2.05, 4.69) is 42.6 Å². The molecule has 3 aromatic heterocycles. The van der Waals surface area contributed by atoms with E-state index in [-0.39, 0.29) is 6.61 Å². The number of aromatic nitrogens is 5. The molecule has 9 nitrogen and oxygen atoms in total. The van der Waals surface area contributed by atoms with Gasteiger partial charge in [-0.15, -0.1) is 10.2 Å². The van der Waals surface area contributed by atoms with Crippen molar-refractivity contribution in [3.63, 3.8) is 0 Å². The number of aryl methyl sites for hydroxylation is 3. The number of hydrogen-bond acceptors (Lipinski definition) is 9. The summed E-state index contributed by atoms with van der Waals surface area (Å²) in [6.45, 7) is 6.20. The lowest BCUT2D eigenvalue weighted by molar-refractivity contribution is 0.154. The Morgan fingerprint density at radius 2 is 2.10 bits per heavy atom. The maximum absolute atomic E-state index is 12.0. The number of carbonyl (C=O) groups is 1. The van der Waals surface area contributed by atoms with Crippen LogP contribution in [0.2, 0.25) is 0 Å². The fourth-order valence-corrected chi connectivity index (χ4v) is 3.65. The molecule has 4 rings (SSSR count). The summed E-state index contributed by atoms with van der Waals surface area (Å²) in [7, 11) is 0. The van der Waals surface area contributed by atoms with Crippen molar-refractivity contribution in [2.24, 2.45) is 5.92 Å². The largest absolute Gasteiger partial charge is 0.477 e. The van der Waals surface area contributed by atoms with Crippen LogP contribution in [0.15, 0.2) is 24.4 Å². The molecule has 1 saturated carbocycles. The Hall–Kier alpha value is -3.14. The Kier molecular flexibility index (Phi) is 5.84. The number of pyridine rings is 1. The van der Waals surface area contributed by atoms with Crippen LogP contribution in [0.1, 0.15) is 39.4 Å². The Bertz CT molecular complexity index is 1040. The third-order valence-electron chi connectivity index (χ3n) is 4.62. The van der Waals surface area contributed by atoms with Gasteiger partial charge in [0.25, 0.3) is 0 Å². The second-order valence-electron chi connectivity index (χ2n) is 7.23. The summed E-state index contributed by atoms with van der Waals surface area (Å²) in [5.41, 5.74) is 2.25. The Balaban J connectivity index is 1.28. The summed E-state index contributed by atoms with van der Waals surface area (Å²) < 4.78 is 11.0. The molecule has 10 heteroatoms. The first kappa shape index (κ1) is 20.1. The molecule has 2 atom stereocenters. The van der Waals surface area contributed by atoms with Crippen LogP contribution < -0.4 is 10.1 Å². The molecule has 3 aromatic rings. The number of nitrogens with one attached hydrogen (secondary N) is 1. The van der Waals surface area contributed by atoms with Crippen LogP contribution in [0.5, 0.6) is 5.88 Å². The molecule has 1 aliphatic rings. The topological polar surface area (TPSA) is 112 Å². The molecule has 30 heavy (non-hydrogen) atoms. The van der Waals surface area contributed by atoms with Crippen molar-refractivity contribution in [2.45, 2.75) is 39.7 Å². The number of nitrogens with zero attached hydrogens (tertiary/aromatic N) is 5. The number of hydrogen-bond donors (Lipinski definition) is 1.